The molecule has 2 fully saturated rings. The minimum absolute atomic E-state index is 0.0116. The Morgan fingerprint density at radius 3 is 2.64 bits per heavy atom. The number of benzene rings is 1. The summed E-state index contributed by atoms with van der Waals surface area (Å²) in [6, 6.07) is 5.60. The predicted octanol–water partition coefficient (Wildman–Crippen LogP) is 3.45. The third-order valence-electron chi connectivity index (χ3n) is 5.87. The fraction of sp³-hybridized carbons (Fsp3) is 0.667. The van der Waals surface area contributed by atoms with E-state index in [1.165, 1.54) is 12.1 Å². The molecule has 2 heterocycles. The molecule has 0 saturated carbocycles. The maximum absolute atomic E-state index is 12.8. The minimum Gasteiger partial charge on any atom is -0.381 e. The molecule has 156 valence electrons. The van der Waals surface area contributed by atoms with Gasteiger partial charge >= 0.3 is 6.18 Å². The van der Waals surface area contributed by atoms with Crippen LogP contribution in [0.2, 0.25) is 0 Å². The molecule has 4 nitrogen and oxygen atoms in total. The fourth-order valence-corrected chi connectivity index (χ4v) is 4.10. The van der Waals surface area contributed by atoms with E-state index in [-0.39, 0.29) is 11.8 Å². The molecule has 0 radical (unpaired) electrons. The fourth-order valence-electron chi connectivity index (χ4n) is 4.10. The molecule has 7 heteroatoms. The van der Waals surface area contributed by atoms with E-state index in [1.54, 1.807) is 6.07 Å². The van der Waals surface area contributed by atoms with E-state index < -0.39 is 11.7 Å². The maximum atomic E-state index is 12.8. The molecule has 3 rings (SSSR count). The van der Waals surface area contributed by atoms with Crippen LogP contribution in [0.15, 0.2) is 24.3 Å². The molecule has 0 aromatic heterocycles. The van der Waals surface area contributed by atoms with Crippen LogP contribution in [0.5, 0.6) is 0 Å². The van der Waals surface area contributed by atoms with Crippen LogP contribution in [0.3, 0.4) is 0 Å². The van der Waals surface area contributed by atoms with Gasteiger partial charge in [-0.05, 0) is 56.3 Å². The van der Waals surface area contributed by atoms with Crippen molar-refractivity contribution in [3.8, 4) is 0 Å². The Bertz CT molecular complexity index is 651. The predicted molar refractivity (Wildman–Crippen MR) is 101 cm³/mol. The van der Waals surface area contributed by atoms with Crippen molar-refractivity contribution in [1.82, 2.24) is 9.80 Å². The van der Waals surface area contributed by atoms with E-state index in [0.717, 1.165) is 57.1 Å². The summed E-state index contributed by atoms with van der Waals surface area (Å²) in [5, 5.41) is 0. The quantitative estimate of drug-likeness (QED) is 0.736. The number of amides is 1. The highest BCUT2D eigenvalue weighted by Gasteiger charge is 2.31. The van der Waals surface area contributed by atoms with Crippen molar-refractivity contribution in [2.75, 3.05) is 46.4 Å². The zero-order valence-electron chi connectivity index (χ0n) is 16.4. The van der Waals surface area contributed by atoms with Crippen molar-refractivity contribution in [2.45, 2.75) is 31.9 Å². The lowest BCUT2D eigenvalue weighted by Gasteiger charge is -2.34. The molecular formula is C21H29F3N2O2. The molecule has 28 heavy (non-hydrogen) atoms. The summed E-state index contributed by atoms with van der Waals surface area (Å²) < 4.78 is 43.8. The Labute approximate surface area is 164 Å². The summed E-state index contributed by atoms with van der Waals surface area (Å²) in [5.41, 5.74) is 0.144. The summed E-state index contributed by atoms with van der Waals surface area (Å²) >= 11 is 0. The minimum atomic E-state index is -4.29. The lowest BCUT2D eigenvalue weighted by Crippen LogP contribution is -2.41. The number of alkyl halides is 3. The van der Waals surface area contributed by atoms with Crippen molar-refractivity contribution in [3.63, 3.8) is 0 Å². The first-order valence-electron chi connectivity index (χ1n) is 10.0. The van der Waals surface area contributed by atoms with Gasteiger partial charge < -0.3 is 14.5 Å². The molecular weight excluding hydrogens is 369 g/mol. The van der Waals surface area contributed by atoms with Crippen LogP contribution >= 0.6 is 0 Å². The molecule has 0 N–H and O–H groups in total. The summed E-state index contributed by atoms with van der Waals surface area (Å²) in [4.78, 5) is 16.6. The number of ether oxygens (including phenoxy) is 1. The third kappa shape index (κ3) is 5.70. The van der Waals surface area contributed by atoms with E-state index in [2.05, 4.69) is 4.90 Å². The molecule has 0 spiro atoms. The summed E-state index contributed by atoms with van der Waals surface area (Å²) in [6.07, 6.45) is -0.822. The first kappa shape index (κ1) is 21.1. The third-order valence-corrected chi connectivity index (χ3v) is 5.87. The van der Waals surface area contributed by atoms with Gasteiger partial charge in [0.15, 0.2) is 0 Å². The van der Waals surface area contributed by atoms with Crippen LogP contribution in [0.25, 0.3) is 0 Å². The van der Waals surface area contributed by atoms with E-state index >= 15 is 0 Å². The SMILES string of the molecule is CN(CC1CCN(CCc2cccc(C(F)(F)F)c2)CC1)C(=O)C1CCOC1. The number of carbonyl (C=O) groups is 1. The van der Waals surface area contributed by atoms with Gasteiger partial charge in [-0.3, -0.25) is 4.79 Å². The Kier molecular flexibility index (Phi) is 6.99. The average Bonchev–Trinajstić information content (AvgIpc) is 3.21. The standard InChI is InChI=1S/C21H29F3N2O2/c1-25(20(27)18-8-12-28-15-18)14-17-6-10-26(11-7-17)9-5-16-3-2-4-19(13-16)21(22,23)24/h2-4,13,17-18H,5-12,14-15H2,1H3. The molecule has 1 aromatic rings. The van der Waals surface area contributed by atoms with Gasteiger partial charge in [0.2, 0.25) is 5.91 Å². The van der Waals surface area contributed by atoms with Crippen LogP contribution in [-0.2, 0) is 22.1 Å². The molecule has 0 bridgehead atoms. The van der Waals surface area contributed by atoms with Gasteiger partial charge in [0.05, 0.1) is 18.1 Å². The van der Waals surface area contributed by atoms with E-state index in [4.69, 9.17) is 4.74 Å². The van der Waals surface area contributed by atoms with Crippen molar-refractivity contribution in [3.05, 3.63) is 35.4 Å². The lowest BCUT2D eigenvalue weighted by molar-refractivity contribution is -0.137. The largest absolute Gasteiger partial charge is 0.416 e. The van der Waals surface area contributed by atoms with Crippen LogP contribution in [0, 0.1) is 11.8 Å². The van der Waals surface area contributed by atoms with E-state index in [0.29, 0.717) is 25.6 Å². The van der Waals surface area contributed by atoms with Crippen molar-refractivity contribution < 1.29 is 22.7 Å². The number of carbonyl (C=O) groups excluding carboxylic acids is 1. The lowest BCUT2D eigenvalue weighted by atomic mass is 9.95. The molecule has 1 atom stereocenters. The van der Waals surface area contributed by atoms with Gasteiger partial charge in [0, 0.05) is 26.7 Å². The number of halogens is 3. The highest BCUT2D eigenvalue weighted by atomic mass is 19.4. The second kappa shape index (κ2) is 9.27. The molecule has 2 aliphatic heterocycles. The van der Waals surface area contributed by atoms with Crippen LogP contribution in [0.4, 0.5) is 13.2 Å². The Balaban J connectivity index is 1.40. The normalized spacial score (nSPS) is 21.8. The summed E-state index contributed by atoms with van der Waals surface area (Å²) in [6.45, 7) is 4.61. The number of rotatable bonds is 6. The van der Waals surface area contributed by atoms with Gasteiger partial charge in [-0.15, -0.1) is 0 Å². The van der Waals surface area contributed by atoms with Crippen molar-refractivity contribution in [1.29, 1.82) is 0 Å². The second-order valence-electron chi connectivity index (χ2n) is 8.01. The summed E-state index contributed by atoms with van der Waals surface area (Å²) in [5.74, 6) is 0.683. The number of piperidine rings is 1. The average molecular weight is 398 g/mol. The first-order chi connectivity index (χ1) is 13.3. The molecule has 2 aliphatic rings. The highest BCUT2D eigenvalue weighted by Crippen LogP contribution is 2.29. The maximum Gasteiger partial charge on any atom is 0.416 e. The number of hydrogen-bond donors (Lipinski definition) is 0. The van der Waals surface area contributed by atoms with Gasteiger partial charge in [-0.1, -0.05) is 18.2 Å². The van der Waals surface area contributed by atoms with Crippen molar-refractivity contribution >= 4 is 5.91 Å². The molecule has 1 aromatic carbocycles. The Hall–Kier alpha value is -1.60. The zero-order valence-corrected chi connectivity index (χ0v) is 16.4. The number of likely N-dealkylation sites (tertiary alicyclic amines) is 1. The first-order valence-corrected chi connectivity index (χ1v) is 10.0. The highest BCUT2D eigenvalue weighted by molar-refractivity contribution is 5.78. The summed E-state index contributed by atoms with van der Waals surface area (Å²) in [7, 11) is 1.88. The smallest absolute Gasteiger partial charge is 0.381 e. The monoisotopic (exact) mass is 398 g/mol. The van der Waals surface area contributed by atoms with Crippen LogP contribution in [-0.4, -0.2) is 62.1 Å². The number of hydrogen-bond acceptors (Lipinski definition) is 3. The molecule has 1 amide bonds. The molecule has 2 saturated heterocycles. The van der Waals surface area contributed by atoms with Gasteiger partial charge in [0.25, 0.3) is 0 Å². The Morgan fingerprint density at radius 1 is 1.25 bits per heavy atom. The molecule has 1 unspecified atom stereocenters. The van der Waals surface area contributed by atoms with E-state index in [9.17, 15) is 18.0 Å². The van der Waals surface area contributed by atoms with Gasteiger partial charge in [-0.2, -0.15) is 13.2 Å². The molecule has 0 aliphatic carbocycles. The van der Waals surface area contributed by atoms with Crippen LogP contribution in [0.1, 0.15) is 30.4 Å². The number of nitrogens with zero attached hydrogens (tertiary/aromatic N) is 2. The zero-order chi connectivity index (χ0) is 20.1. The Morgan fingerprint density at radius 2 is 2.00 bits per heavy atom. The topological polar surface area (TPSA) is 32.8 Å². The van der Waals surface area contributed by atoms with Crippen molar-refractivity contribution in [2.24, 2.45) is 11.8 Å². The van der Waals surface area contributed by atoms with Gasteiger partial charge in [0.1, 0.15) is 0 Å². The van der Waals surface area contributed by atoms with E-state index in [1.807, 2.05) is 11.9 Å². The second-order valence-corrected chi connectivity index (χ2v) is 8.01. The van der Waals surface area contributed by atoms with Crippen LogP contribution < -0.4 is 0 Å². The van der Waals surface area contributed by atoms with Gasteiger partial charge in [-0.25, -0.2) is 0 Å².